The van der Waals surface area contributed by atoms with E-state index in [1.54, 1.807) is 6.92 Å². The van der Waals surface area contributed by atoms with E-state index in [0.29, 0.717) is 11.6 Å². The molecule has 2 aromatic rings. The lowest BCUT2D eigenvalue weighted by Crippen LogP contribution is -2.03. The molecule has 0 aliphatic carbocycles. The summed E-state index contributed by atoms with van der Waals surface area (Å²) >= 11 is 1.29. The third-order valence-electron chi connectivity index (χ3n) is 1.83. The Morgan fingerprint density at radius 3 is 3.20 bits per heavy atom. The first-order valence-electron chi connectivity index (χ1n) is 4.57. The van der Waals surface area contributed by atoms with Gasteiger partial charge in [-0.1, -0.05) is 0 Å². The number of aromatic amines is 1. The lowest BCUT2D eigenvalue weighted by atomic mass is 10.3. The molecule has 2 aromatic heterocycles. The van der Waals surface area contributed by atoms with Crippen LogP contribution in [-0.4, -0.2) is 22.5 Å². The van der Waals surface area contributed by atoms with Crippen LogP contribution in [0.3, 0.4) is 0 Å². The molecule has 1 N–H and O–H groups in total. The van der Waals surface area contributed by atoms with E-state index in [4.69, 9.17) is 4.74 Å². The monoisotopic (exact) mass is 222 g/mol. The molecule has 0 saturated heterocycles. The minimum atomic E-state index is -0.361. The highest BCUT2D eigenvalue weighted by Gasteiger charge is 2.12. The second kappa shape index (κ2) is 4.27. The molecule has 0 aliphatic rings. The van der Waals surface area contributed by atoms with Crippen molar-refractivity contribution in [2.24, 2.45) is 0 Å². The fourth-order valence-electron chi connectivity index (χ4n) is 1.17. The molecule has 0 spiro atoms. The number of carbonyl (C=O) groups excluding carboxylic acids is 1. The van der Waals surface area contributed by atoms with Gasteiger partial charge in [0.1, 0.15) is 0 Å². The zero-order chi connectivity index (χ0) is 10.7. The van der Waals surface area contributed by atoms with Crippen molar-refractivity contribution >= 4 is 17.3 Å². The third kappa shape index (κ3) is 2.07. The van der Waals surface area contributed by atoms with Crippen molar-refractivity contribution in [3.63, 3.8) is 0 Å². The highest BCUT2D eigenvalue weighted by Crippen LogP contribution is 2.20. The molecular formula is C10H10N2O2S. The molecule has 2 heterocycles. The molecule has 5 heteroatoms. The Morgan fingerprint density at radius 2 is 2.53 bits per heavy atom. The van der Waals surface area contributed by atoms with E-state index in [9.17, 15) is 4.79 Å². The van der Waals surface area contributed by atoms with Crippen molar-refractivity contribution in [3.05, 3.63) is 28.7 Å². The number of rotatable bonds is 3. The molecular weight excluding hydrogens is 212 g/mol. The molecule has 0 unspecified atom stereocenters. The number of hydrogen-bond donors (Lipinski definition) is 1. The molecule has 0 radical (unpaired) electrons. The minimum absolute atomic E-state index is 0.361. The van der Waals surface area contributed by atoms with Crippen LogP contribution < -0.4 is 0 Å². The molecule has 0 fully saturated rings. The van der Waals surface area contributed by atoms with E-state index >= 15 is 0 Å². The number of ether oxygens (including phenoxy) is 1. The summed E-state index contributed by atoms with van der Waals surface area (Å²) in [6.45, 7) is 2.15. The molecule has 15 heavy (non-hydrogen) atoms. The predicted octanol–water partition coefficient (Wildman–Crippen LogP) is 2.31. The number of nitrogens with zero attached hydrogens (tertiary/aromatic N) is 1. The van der Waals surface area contributed by atoms with Gasteiger partial charge in [0.25, 0.3) is 0 Å². The molecule has 0 aromatic carbocycles. The summed E-state index contributed by atoms with van der Waals surface area (Å²) in [6, 6.07) is 3.79. The first-order chi connectivity index (χ1) is 7.31. The topological polar surface area (TPSA) is 55.0 Å². The van der Waals surface area contributed by atoms with Crippen LogP contribution in [0.4, 0.5) is 0 Å². The maximum absolute atomic E-state index is 11.3. The largest absolute Gasteiger partial charge is 0.461 e. The Balaban J connectivity index is 2.21. The summed E-state index contributed by atoms with van der Waals surface area (Å²) < 4.78 is 4.86. The molecule has 0 atom stereocenters. The van der Waals surface area contributed by atoms with E-state index in [1.807, 2.05) is 23.7 Å². The summed E-state index contributed by atoms with van der Waals surface area (Å²) in [5, 5.41) is 2.22. The number of thiazole rings is 1. The molecule has 0 aliphatic heterocycles. The molecule has 78 valence electrons. The van der Waals surface area contributed by atoms with Crippen LogP contribution in [-0.2, 0) is 4.74 Å². The Hall–Kier alpha value is -1.62. The molecule has 0 amide bonds. The summed E-state index contributed by atoms with van der Waals surface area (Å²) in [5.41, 5.74) is 1.68. The lowest BCUT2D eigenvalue weighted by molar-refractivity contribution is 0.0526. The quantitative estimate of drug-likeness (QED) is 0.811. The van der Waals surface area contributed by atoms with Crippen LogP contribution in [0.2, 0.25) is 0 Å². The van der Waals surface area contributed by atoms with Crippen molar-refractivity contribution in [3.8, 4) is 11.4 Å². The van der Waals surface area contributed by atoms with Gasteiger partial charge in [0.2, 0.25) is 5.01 Å². The maximum Gasteiger partial charge on any atom is 0.367 e. The number of nitrogens with one attached hydrogen (secondary N) is 1. The van der Waals surface area contributed by atoms with Gasteiger partial charge in [-0.2, -0.15) is 0 Å². The number of carbonyl (C=O) groups is 1. The summed E-state index contributed by atoms with van der Waals surface area (Å²) in [6.07, 6.45) is 1.82. The number of H-pyrrole nitrogens is 1. The smallest absolute Gasteiger partial charge is 0.367 e. The molecule has 2 rings (SSSR count). The van der Waals surface area contributed by atoms with E-state index in [-0.39, 0.29) is 5.97 Å². The van der Waals surface area contributed by atoms with E-state index in [2.05, 4.69) is 9.97 Å². The first-order valence-corrected chi connectivity index (χ1v) is 5.45. The Labute approximate surface area is 90.9 Å². The van der Waals surface area contributed by atoms with Gasteiger partial charge >= 0.3 is 5.97 Å². The van der Waals surface area contributed by atoms with Crippen LogP contribution in [0.15, 0.2) is 23.7 Å². The van der Waals surface area contributed by atoms with Crippen molar-refractivity contribution < 1.29 is 9.53 Å². The second-order valence-electron chi connectivity index (χ2n) is 2.84. The second-order valence-corrected chi connectivity index (χ2v) is 3.70. The Bertz CT molecular complexity index is 448. The van der Waals surface area contributed by atoms with Gasteiger partial charge in [0, 0.05) is 11.6 Å². The van der Waals surface area contributed by atoms with Crippen LogP contribution in [0.1, 0.15) is 16.7 Å². The molecule has 4 nitrogen and oxygen atoms in total. The van der Waals surface area contributed by atoms with Crippen molar-refractivity contribution in [2.75, 3.05) is 6.61 Å². The first kappa shape index (κ1) is 9.92. The van der Waals surface area contributed by atoms with E-state index in [0.717, 1.165) is 11.4 Å². The number of esters is 1. The molecule has 0 saturated carbocycles. The third-order valence-corrected chi connectivity index (χ3v) is 2.65. The highest BCUT2D eigenvalue weighted by molar-refractivity contribution is 7.11. The SMILES string of the molecule is CCOC(=O)c1nc(-c2ccc[nH]2)cs1. The maximum atomic E-state index is 11.3. The average Bonchev–Trinajstić information content (AvgIpc) is 2.89. The predicted molar refractivity (Wildman–Crippen MR) is 57.9 cm³/mol. The van der Waals surface area contributed by atoms with Crippen LogP contribution in [0.25, 0.3) is 11.4 Å². The van der Waals surface area contributed by atoms with Gasteiger partial charge in [-0.25, -0.2) is 9.78 Å². The highest BCUT2D eigenvalue weighted by atomic mass is 32.1. The number of hydrogen-bond acceptors (Lipinski definition) is 4. The Kier molecular flexibility index (Phi) is 2.82. The van der Waals surface area contributed by atoms with Crippen LogP contribution in [0.5, 0.6) is 0 Å². The normalized spacial score (nSPS) is 10.2. The van der Waals surface area contributed by atoms with Gasteiger partial charge in [-0.15, -0.1) is 11.3 Å². The van der Waals surface area contributed by atoms with Gasteiger partial charge in [0.05, 0.1) is 18.0 Å². The van der Waals surface area contributed by atoms with Gasteiger partial charge < -0.3 is 9.72 Å². The zero-order valence-corrected chi connectivity index (χ0v) is 9.00. The van der Waals surface area contributed by atoms with Gasteiger partial charge in [0.15, 0.2) is 0 Å². The lowest BCUT2D eigenvalue weighted by Gasteiger charge is -1.95. The standard InChI is InChI=1S/C10H10N2O2S/c1-2-14-10(13)9-12-8(6-15-9)7-4-3-5-11-7/h3-6,11H,2H2,1H3. The summed E-state index contributed by atoms with van der Waals surface area (Å²) in [7, 11) is 0. The van der Waals surface area contributed by atoms with Crippen molar-refractivity contribution in [1.82, 2.24) is 9.97 Å². The van der Waals surface area contributed by atoms with E-state index in [1.165, 1.54) is 11.3 Å². The summed E-state index contributed by atoms with van der Waals surface area (Å²) in [4.78, 5) is 18.6. The summed E-state index contributed by atoms with van der Waals surface area (Å²) in [5.74, 6) is -0.361. The molecule has 0 bridgehead atoms. The fourth-order valence-corrected chi connectivity index (χ4v) is 1.88. The van der Waals surface area contributed by atoms with Crippen LogP contribution in [0, 0.1) is 0 Å². The fraction of sp³-hybridized carbons (Fsp3) is 0.200. The Morgan fingerprint density at radius 1 is 1.67 bits per heavy atom. The average molecular weight is 222 g/mol. The van der Waals surface area contributed by atoms with Crippen LogP contribution >= 0.6 is 11.3 Å². The minimum Gasteiger partial charge on any atom is -0.461 e. The van der Waals surface area contributed by atoms with Gasteiger partial charge in [-0.05, 0) is 19.1 Å². The van der Waals surface area contributed by atoms with Crippen molar-refractivity contribution in [1.29, 1.82) is 0 Å². The van der Waals surface area contributed by atoms with Crippen molar-refractivity contribution in [2.45, 2.75) is 6.92 Å². The zero-order valence-electron chi connectivity index (χ0n) is 8.19. The number of aromatic nitrogens is 2. The van der Waals surface area contributed by atoms with E-state index < -0.39 is 0 Å². The van der Waals surface area contributed by atoms with Gasteiger partial charge in [-0.3, -0.25) is 0 Å².